The lowest BCUT2D eigenvalue weighted by Crippen LogP contribution is -1.96. The van der Waals surface area contributed by atoms with Gasteiger partial charge in [0.15, 0.2) is 0 Å². The van der Waals surface area contributed by atoms with Crippen LogP contribution >= 0.6 is 23.7 Å². The highest BCUT2D eigenvalue weighted by molar-refractivity contribution is 7.15. The number of fused-ring (bicyclic) bond motifs is 1. The highest BCUT2D eigenvalue weighted by atomic mass is 35.5. The maximum atomic E-state index is 4.75. The second-order valence-corrected chi connectivity index (χ2v) is 9.47. The summed E-state index contributed by atoms with van der Waals surface area (Å²) in [4.78, 5) is 13.7. The molecule has 7 nitrogen and oxygen atoms in total. The molecule has 35 heavy (non-hydrogen) atoms. The second-order valence-electron chi connectivity index (χ2n) is 8.46. The van der Waals surface area contributed by atoms with Crippen LogP contribution in [0.15, 0.2) is 73.2 Å². The fourth-order valence-corrected chi connectivity index (χ4v) is 5.26. The van der Waals surface area contributed by atoms with Gasteiger partial charge < -0.3 is 10.6 Å². The molecule has 0 radical (unpaired) electrons. The van der Waals surface area contributed by atoms with E-state index in [2.05, 4.69) is 49.0 Å². The van der Waals surface area contributed by atoms with Crippen molar-refractivity contribution in [3.8, 4) is 11.1 Å². The molecule has 1 aliphatic carbocycles. The molecule has 0 amide bonds. The number of hydrogen-bond donors (Lipinski definition) is 2. The Morgan fingerprint density at radius 1 is 0.771 bits per heavy atom. The number of benzene rings is 1. The molecule has 0 saturated heterocycles. The highest BCUT2D eigenvalue weighted by Crippen LogP contribution is 2.37. The molecule has 0 bridgehead atoms. The Morgan fingerprint density at radius 2 is 1.60 bits per heavy atom. The van der Waals surface area contributed by atoms with Gasteiger partial charge in [-0.25, -0.2) is 4.98 Å². The maximum absolute atomic E-state index is 4.75. The van der Waals surface area contributed by atoms with Crippen molar-refractivity contribution in [1.29, 1.82) is 0 Å². The maximum Gasteiger partial charge on any atom is 0.211 e. The normalized spacial score (nSPS) is 13.5. The number of rotatable bonds is 6. The number of anilines is 4. The van der Waals surface area contributed by atoms with Crippen molar-refractivity contribution in [1.82, 2.24) is 25.1 Å². The summed E-state index contributed by atoms with van der Waals surface area (Å²) in [6.45, 7) is 0. The summed E-state index contributed by atoms with van der Waals surface area (Å²) >= 11 is 1.63. The van der Waals surface area contributed by atoms with Crippen LogP contribution in [-0.4, -0.2) is 25.1 Å². The molecule has 4 heterocycles. The molecule has 6 rings (SSSR count). The molecule has 1 saturated carbocycles. The van der Waals surface area contributed by atoms with Gasteiger partial charge in [0.05, 0.1) is 34.8 Å². The third kappa shape index (κ3) is 5.23. The Balaban J connectivity index is 0.00000253. The largest absolute Gasteiger partial charge is 0.353 e. The van der Waals surface area contributed by atoms with E-state index in [1.54, 1.807) is 17.5 Å². The SMILES string of the molecule is Cl.c1ccc(-c2cncc(Nc3cnc4ccc(Nc5nnc(C6CCCC6)s5)nc4c3)c2)cc1. The summed E-state index contributed by atoms with van der Waals surface area (Å²) in [7, 11) is 0. The van der Waals surface area contributed by atoms with Gasteiger partial charge in [0.25, 0.3) is 0 Å². The van der Waals surface area contributed by atoms with E-state index in [-0.39, 0.29) is 12.4 Å². The first-order chi connectivity index (χ1) is 16.8. The van der Waals surface area contributed by atoms with Gasteiger partial charge in [0.2, 0.25) is 5.13 Å². The van der Waals surface area contributed by atoms with Crippen LogP contribution in [0.2, 0.25) is 0 Å². The van der Waals surface area contributed by atoms with Crippen LogP contribution in [0.5, 0.6) is 0 Å². The quantitative estimate of drug-likeness (QED) is 0.256. The molecule has 2 N–H and O–H groups in total. The van der Waals surface area contributed by atoms with Crippen LogP contribution in [0, 0.1) is 0 Å². The van der Waals surface area contributed by atoms with Crippen LogP contribution in [0.1, 0.15) is 36.6 Å². The molecule has 9 heteroatoms. The van der Waals surface area contributed by atoms with E-state index in [0.29, 0.717) is 5.92 Å². The molecule has 1 aliphatic rings. The lowest BCUT2D eigenvalue weighted by Gasteiger charge is -2.09. The van der Waals surface area contributed by atoms with E-state index in [9.17, 15) is 0 Å². The van der Waals surface area contributed by atoms with E-state index in [4.69, 9.17) is 4.98 Å². The fourth-order valence-electron chi connectivity index (χ4n) is 4.34. The molecular formula is C26H24ClN7S. The molecule has 0 atom stereocenters. The van der Waals surface area contributed by atoms with Crippen LogP contribution in [0.25, 0.3) is 22.2 Å². The van der Waals surface area contributed by atoms with Gasteiger partial charge in [-0.05, 0) is 42.7 Å². The highest BCUT2D eigenvalue weighted by Gasteiger charge is 2.21. The summed E-state index contributed by atoms with van der Waals surface area (Å²) < 4.78 is 0. The average Bonchev–Trinajstić information content (AvgIpc) is 3.57. The third-order valence-electron chi connectivity index (χ3n) is 6.05. The van der Waals surface area contributed by atoms with Gasteiger partial charge in [-0.15, -0.1) is 22.6 Å². The summed E-state index contributed by atoms with van der Waals surface area (Å²) in [6.07, 6.45) is 10.5. The number of nitrogens with zero attached hydrogens (tertiary/aromatic N) is 5. The van der Waals surface area contributed by atoms with E-state index in [1.165, 1.54) is 25.7 Å². The van der Waals surface area contributed by atoms with Gasteiger partial charge in [-0.3, -0.25) is 9.97 Å². The Hall–Kier alpha value is -3.62. The lowest BCUT2D eigenvalue weighted by molar-refractivity contribution is 0.705. The zero-order valence-electron chi connectivity index (χ0n) is 18.9. The summed E-state index contributed by atoms with van der Waals surface area (Å²) in [5.74, 6) is 1.29. The molecule has 4 aromatic heterocycles. The molecule has 1 fully saturated rings. The van der Waals surface area contributed by atoms with E-state index in [1.807, 2.05) is 48.8 Å². The number of pyridine rings is 3. The number of hydrogen-bond acceptors (Lipinski definition) is 8. The van der Waals surface area contributed by atoms with E-state index in [0.717, 1.165) is 49.5 Å². The third-order valence-corrected chi connectivity index (χ3v) is 7.05. The van der Waals surface area contributed by atoms with Crippen molar-refractivity contribution in [3.63, 3.8) is 0 Å². The van der Waals surface area contributed by atoms with Gasteiger partial charge in [-0.1, -0.05) is 54.5 Å². The van der Waals surface area contributed by atoms with Crippen molar-refractivity contribution < 1.29 is 0 Å². The summed E-state index contributed by atoms with van der Waals surface area (Å²) in [5, 5.41) is 17.3. The molecular weight excluding hydrogens is 478 g/mol. The first kappa shape index (κ1) is 23.1. The molecule has 5 aromatic rings. The van der Waals surface area contributed by atoms with Crippen molar-refractivity contribution in [2.45, 2.75) is 31.6 Å². The van der Waals surface area contributed by atoms with Crippen LogP contribution in [0.3, 0.4) is 0 Å². The Kier molecular flexibility index (Phi) is 6.83. The van der Waals surface area contributed by atoms with Crippen molar-refractivity contribution in [2.24, 2.45) is 0 Å². The molecule has 0 spiro atoms. The summed E-state index contributed by atoms with van der Waals surface area (Å²) in [5.41, 5.74) is 5.55. The molecule has 0 unspecified atom stereocenters. The second kappa shape index (κ2) is 10.3. The minimum absolute atomic E-state index is 0. The minimum Gasteiger partial charge on any atom is -0.353 e. The van der Waals surface area contributed by atoms with E-state index < -0.39 is 0 Å². The summed E-state index contributed by atoms with van der Waals surface area (Å²) in [6, 6.07) is 18.2. The smallest absolute Gasteiger partial charge is 0.211 e. The first-order valence-electron chi connectivity index (χ1n) is 11.4. The standard InChI is InChI=1S/C26H23N7S.ClH/c1-2-6-17(7-3-1)19-12-20(15-27-14-19)29-21-13-23-22(28-16-21)10-11-24(30-23)31-26-33-32-25(34-26)18-8-4-5-9-18;/h1-3,6-7,10-16,18,29H,4-5,8-9H2,(H,30,31,33);1H. The van der Waals surface area contributed by atoms with Crippen LogP contribution in [-0.2, 0) is 0 Å². The van der Waals surface area contributed by atoms with Crippen LogP contribution < -0.4 is 10.6 Å². The van der Waals surface area contributed by atoms with Gasteiger partial charge in [0, 0.05) is 17.7 Å². The van der Waals surface area contributed by atoms with E-state index >= 15 is 0 Å². The number of aromatic nitrogens is 5. The number of nitrogens with one attached hydrogen (secondary N) is 2. The van der Waals surface area contributed by atoms with Crippen LogP contribution in [0.4, 0.5) is 22.3 Å². The minimum atomic E-state index is 0. The van der Waals surface area contributed by atoms with Gasteiger partial charge >= 0.3 is 0 Å². The zero-order chi connectivity index (χ0) is 22.7. The van der Waals surface area contributed by atoms with Crippen molar-refractivity contribution in [3.05, 3.63) is 78.2 Å². The van der Waals surface area contributed by atoms with Gasteiger partial charge in [0.1, 0.15) is 10.8 Å². The first-order valence-corrected chi connectivity index (χ1v) is 12.3. The average molecular weight is 502 g/mol. The monoisotopic (exact) mass is 501 g/mol. The van der Waals surface area contributed by atoms with Crippen molar-refractivity contribution in [2.75, 3.05) is 10.6 Å². The zero-order valence-corrected chi connectivity index (χ0v) is 20.5. The molecule has 0 aliphatic heterocycles. The van der Waals surface area contributed by atoms with Gasteiger partial charge in [-0.2, -0.15) is 0 Å². The molecule has 176 valence electrons. The fraction of sp³-hybridized carbons (Fsp3) is 0.192. The Labute approximate surface area is 213 Å². The van der Waals surface area contributed by atoms with Crippen molar-refractivity contribution >= 4 is 57.1 Å². The number of halogens is 1. The predicted molar refractivity (Wildman–Crippen MR) is 144 cm³/mol. The Morgan fingerprint density at radius 3 is 2.46 bits per heavy atom. The predicted octanol–water partition coefficient (Wildman–Crippen LogP) is 7.11. The lowest BCUT2D eigenvalue weighted by atomic mass is 10.1. The molecule has 1 aromatic carbocycles. The Bertz CT molecular complexity index is 1430. The topological polar surface area (TPSA) is 88.5 Å².